The molecule has 0 radical (unpaired) electrons. The molecule has 2 heterocycles. The summed E-state index contributed by atoms with van der Waals surface area (Å²) in [5.41, 5.74) is -1.10. The van der Waals surface area contributed by atoms with Crippen LogP contribution in [0.1, 0.15) is 12.0 Å². The van der Waals surface area contributed by atoms with Crippen molar-refractivity contribution in [2.24, 2.45) is 11.8 Å². The zero-order valence-corrected chi connectivity index (χ0v) is 11.9. The lowest BCUT2D eigenvalue weighted by Crippen LogP contribution is -2.59. The van der Waals surface area contributed by atoms with Gasteiger partial charge in [0, 0.05) is 11.5 Å². The summed E-state index contributed by atoms with van der Waals surface area (Å²) in [6.07, 6.45) is 0.175. The van der Waals surface area contributed by atoms with Gasteiger partial charge in [-0.1, -0.05) is 12.1 Å². The molecule has 2 aliphatic heterocycles. The van der Waals surface area contributed by atoms with Gasteiger partial charge in [0.2, 0.25) is 5.91 Å². The Hall–Kier alpha value is -2.02. The molecule has 3 atom stereocenters. The molecule has 0 aliphatic carbocycles. The molecule has 2 aliphatic rings. The maximum atomic E-state index is 14.2. The highest BCUT2D eigenvalue weighted by atomic mass is 19.2. The minimum Gasteiger partial charge on any atom is -0.468 e. The number of amides is 1. The normalized spacial score (nSPS) is 30.6. The summed E-state index contributed by atoms with van der Waals surface area (Å²) in [6.45, 7) is 0.293. The topological polar surface area (TPSA) is 64.6 Å². The van der Waals surface area contributed by atoms with E-state index in [4.69, 9.17) is 4.74 Å². The van der Waals surface area contributed by atoms with Crippen molar-refractivity contribution < 1.29 is 27.8 Å². The summed E-state index contributed by atoms with van der Waals surface area (Å²) in [7, 11) is 1.20. The molecule has 118 valence electrons. The van der Waals surface area contributed by atoms with E-state index in [1.165, 1.54) is 19.2 Å². The van der Waals surface area contributed by atoms with Gasteiger partial charge in [0.25, 0.3) is 0 Å². The molecule has 2 saturated heterocycles. The number of fused-ring (bicyclic) bond motifs is 1. The fourth-order valence-electron chi connectivity index (χ4n) is 3.29. The number of carbonyl (C=O) groups is 2. The number of rotatable bonds is 2. The number of hydrogen-bond acceptors (Lipinski definition) is 4. The first kappa shape index (κ1) is 14.9. The van der Waals surface area contributed by atoms with Gasteiger partial charge in [-0.25, -0.2) is 8.78 Å². The highest BCUT2D eigenvalue weighted by molar-refractivity contribution is 5.98. The molecular weight excluding hydrogens is 296 g/mol. The lowest BCUT2D eigenvalue weighted by Gasteiger charge is -2.41. The monoisotopic (exact) mass is 311 g/mol. The third kappa shape index (κ3) is 2.08. The predicted octanol–water partition coefficient (Wildman–Crippen LogP) is 1.12. The molecular formula is C15H15F2NO4. The van der Waals surface area contributed by atoms with Crippen LogP contribution in [0.15, 0.2) is 18.2 Å². The maximum absolute atomic E-state index is 14.2. The molecule has 0 aromatic heterocycles. The number of piperidine rings is 1. The van der Waals surface area contributed by atoms with Gasteiger partial charge < -0.3 is 14.8 Å². The number of halogens is 2. The predicted molar refractivity (Wildman–Crippen MR) is 70.6 cm³/mol. The van der Waals surface area contributed by atoms with Gasteiger partial charge in [0.05, 0.1) is 25.9 Å². The van der Waals surface area contributed by atoms with Gasteiger partial charge in [0.1, 0.15) is 5.92 Å². The van der Waals surface area contributed by atoms with Crippen LogP contribution in [0.25, 0.3) is 0 Å². The Morgan fingerprint density at radius 1 is 1.45 bits per heavy atom. The third-order valence-electron chi connectivity index (χ3n) is 4.45. The van der Waals surface area contributed by atoms with Crippen LogP contribution in [-0.4, -0.2) is 32.2 Å². The molecule has 0 bridgehead atoms. The molecule has 1 amide bonds. The second kappa shape index (κ2) is 5.31. The van der Waals surface area contributed by atoms with Crippen molar-refractivity contribution in [1.82, 2.24) is 5.32 Å². The van der Waals surface area contributed by atoms with Crippen LogP contribution in [0, 0.1) is 23.5 Å². The van der Waals surface area contributed by atoms with Gasteiger partial charge >= 0.3 is 5.97 Å². The fourth-order valence-corrected chi connectivity index (χ4v) is 3.29. The van der Waals surface area contributed by atoms with E-state index in [9.17, 15) is 18.4 Å². The summed E-state index contributed by atoms with van der Waals surface area (Å²) in [5, 5.41) is 2.67. The molecule has 22 heavy (non-hydrogen) atoms. The minimum absolute atomic E-state index is 0.0394. The van der Waals surface area contributed by atoms with E-state index in [2.05, 4.69) is 10.1 Å². The molecule has 0 saturated carbocycles. The lowest BCUT2D eigenvalue weighted by molar-refractivity contribution is -0.153. The Labute approximate surface area is 125 Å². The molecule has 3 rings (SSSR count). The largest absolute Gasteiger partial charge is 0.468 e. The summed E-state index contributed by atoms with van der Waals surface area (Å²) < 4.78 is 37.8. The van der Waals surface area contributed by atoms with E-state index in [0.29, 0.717) is 0 Å². The van der Waals surface area contributed by atoms with Crippen molar-refractivity contribution in [3.63, 3.8) is 0 Å². The van der Waals surface area contributed by atoms with E-state index < -0.39 is 35.0 Å². The summed E-state index contributed by atoms with van der Waals surface area (Å²) >= 11 is 0. The van der Waals surface area contributed by atoms with Crippen molar-refractivity contribution in [3.05, 3.63) is 35.4 Å². The Morgan fingerprint density at radius 2 is 2.23 bits per heavy atom. The first-order valence-electron chi connectivity index (χ1n) is 6.91. The molecule has 1 aromatic carbocycles. The van der Waals surface area contributed by atoms with Crippen molar-refractivity contribution in [2.75, 3.05) is 20.3 Å². The molecule has 0 spiro atoms. The van der Waals surface area contributed by atoms with Gasteiger partial charge in [-0.05, 0) is 12.5 Å². The van der Waals surface area contributed by atoms with Gasteiger partial charge in [0.15, 0.2) is 11.6 Å². The second-order valence-electron chi connectivity index (χ2n) is 5.59. The van der Waals surface area contributed by atoms with E-state index in [1.807, 2.05) is 0 Å². The second-order valence-corrected chi connectivity index (χ2v) is 5.59. The number of methoxy groups -OCH3 is 1. The summed E-state index contributed by atoms with van der Waals surface area (Å²) in [6, 6.07) is 3.83. The Balaban J connectivity index is 2.01. The average Bonchev–Trinajstić information content (AvgIpc) is 2.91. The van der Waals surface area contributed by atoms with Crippen LogP contribution in [0.4, 0.5) is 8.78 Å². The highest BCUT2D eigenvalue weighted by Crippen LogP contribution is 2.43. The molecule has 1 N–H and O–H groups in total. The van der Waals surface area contributed by atoms with Crippen LogP contribution in [0.2, 0.25) is 0 Å². The van der Waals surface area contributed by atoms with E-state index >= 15 is 0 Å². The number of hydrogen-bond donors (Lipinski definition) is 1. The zero-order valence-electron chi connectivity index (χ0n) is 11.9. The SMILES string of the molecule is COC(=O)C1C[C@@H]2COC[C@]2(c2cccc(F)c2F)NC1=O. The van der Waals surface area contributed by atoms with Crippen molar-refractivity contribution in [1.29, 1.82) is 0 Å². The molecule has 1 aromatic rings. The minimum atomic E-state index is -1.15. The van der Waals surface area contributed by atoms with Crippen LogP contribution in [0.3, 0.4) is 0 Å². The Kier molecular flexibility index (Phi) is 3.60. The third-order valence-corrected chi connectivity index (χ3v) is 4.45. The average molecular weight is 311 g/mol. The number of carbonyl (C=O) groups excluding carboxylic acids is 2. The van der Waals surface area contributed by atoms with Gasteiger partial charge in [-0.3, -0.25) is 9.59 Å². The van der Waals surface area contributed by atoms with Crippen LogP contribution < -0.4 is 5.32 Å². The first-order valence-corrected chi connectivity index (χ1v) is 6.91. The summed E-state index contributed by atoms with van der Waals surface area (Å²) in [4.78, 5) is 23.9. The van der Waals surface area contributed by atoms with Crippen molar-refractivity contribution in [3.8, 4) is 0 Å². The zero-order chi connectivity index (χ0) is 15.9. The Bertz CT molecular complexity index is 636. The van der Waals surface area contributed by atoms with E-state index in [-0.39, 0.29) is 31.1 Å². The quantitative estimate of drug-likeness (QED) is 0.656. The molecule has 2 fully saturated rings. The van der Waals surface area contributed by atoms with Crippen LogP contribution in [-0.2, 0) is 24.6 Å². The number of esters is 1. The van der Waals surface area contributed by atoms with Crippen molar-refractivity contribution >= 4 is 11.9 Å². The number of ether oxygens (including phenoxy) is 2. The smallest absolute Gasteiger partial charge is 0.318 e. The summed E-state index contributed by atoms with van der Waals surface area (Å²) in [5.74, 6) is -4.47. The Morgan fingerprint density at radius 3 is 2.95 bits per heavy atom. The maximum Gasteiger partial charge on any atom is 0.318 e. The molecule has 1 unspecified atom stereocenters. The van der Waals surface area contributed by atoms with E-state index in [0.717, 1.165) is 6.07 Å². The van der Waals surface area contributed by atoms with Gasteiger partial charge in [-0.2, -0.15) is 0 Å². The highest BCUT2D eigenvalue weighted by Gasteiger charge is 2.54. The van der Waals surface area contributed by atoms with E-state index in [1.54, 1.807) is 0 Å². The first-order chi connectivity index (χ1) is 10.5. The standard InChI is InChI=1S/C15H15F2NO4/c1-21-14(20)9-5-8-6-22-7-15(8,18-13(9)19)10-3-2-4-11(16)12(10)17/h2-4,8-9H,5-7H2,1H3,(H,18,19)/t8-,9?,15+/m1/s1. The van der Waals surface area contributed by atoms with Crippen molar-refractivity contribution in [2.45, 2.75) is 12.0 Å². The number of benzene rings is 1. The van der Waals surface area contributed by atoms with Crippen LogP contribution in [0.5, 0.6) is 0 Å². The fraction of sp³-hybridized carbons (Fsp3) is 0.467. The number of nitrogens with one attached hydrogen (secondary N) is 1. The molecule has 5 nitrogen and oxygen atoms in total. The molecule has 7 heteroatoms. The van der Waals surface area contributed by atoms with Crippen LogP contribution >= 0.6 is 0 Å². The van der Waals surface area contributed by atoms with Gasteiger partial charge in [-0.15, -0.1) is 0 Å². The lowest BCUT2D eigenvalue weighted by atomic mass is 9.72.